The van der Waals surface area contributed by atoms with Crippen molar-refractivity contribution in [2.24, 2.45) is 0 Å². The van der Waals surface area contributed by atoms with E-state index in [4.69, 9.17) is 14.2 Å². The minimum Gasteiger partial charge on any atom is -0.497 e. The number of ketones is 1. The SMILES string of the molecule is COc1ccc(C(=O)[C@H](C)OC(=O)CNC(=O)c2ccccc2OC)cc1. The molecule has 2 aromatic rings. The zero-order valence-electron chi connectivity index (χ0n) is 15.4. The molecule has 0 spiro atoms. The first-order valence-corrected chi connectivity index (χ1v) is 8.25. The molecule has 0 saturated carbocycles. The predicted octanol–water partition coefficient (Wildman–Crippen LogP) is 2.25. The standard InChI is InChI=1S/C20H21NO6/c1-13(19(23)14-8-10-15(25-2)11-9-14)27-18(22)12-21-20(24)16-6-4-5-7-17(16)26-3/h4-11,13H,12H2,1-3H3,(H,21,24)/t13-/m0/s1. The summed E-state index contributed by atoms with van der Waals surface area (Å²) in [5.74, 6) is -0.519. The number of para-hydroxylation sites is 1. The maximum Gasteiger partial charge on any atom is 0.326 e. The molecule has 0 aliphatic heterocycles. The number of carbonyl (C=O) groups excluding carboxylic acids is 3. The van der Waals surface area contributed by atoms with Crippen LogP contribution in [0.15, 0.2) is 48.5 Å². The third-order valence-electron chi connectivity index (χ3n) is 3.80. The monoisotopic (exact) mass is 371 g/mol. The second-order valence-corrected chi connectivity index (χ2v) is 5.61. The largest absolute Gasteiger partial charge is 0.497 e. The summed E-state index contributed by atoms with van der Waals surface area (Å²) in [6.45, 7) is 1.11. The van der Waals surface area contributed by atoms with Gasteiger partial charge >= 0.3 is 5.97 Å². The zero-order chi connectivity index (χ0) is 19.8. The van der Waals surface area contributed by atoms with E-state index in [1.165, 1.54) is 21.1 Å². The molecule has 7 nitrogen and oxygen atoms in total. The first-order valence-electron chi connectivity index (χ1n) is 8.25. The minimum atomic E-state index is -0.978. The van der Waals surface area contributed by atoms with Gasteiger partial charge in [0, 0.05) is 5.56 Å². The van der Waals surface area contributed by atoms with Crippen LogP contribution >= 0.6 is 0 Å². The van der Waals surface area contributed by atoms with Gasteiger partial charge in [-0.2, -0.15) is 0 Å². The second kappa shape index (κ2) is 9.38. The number of rotatable bonds is 8. The smallest absolute Gasteiger partial charge is 0.326 e. The van der Waals surface area contributed by atoms with Crippen LogP contribution in [0.1, 0.15) is 27.6 Å². The highest BCUT2D eigenvalue weighted by Gasteiger charge is 2.20. The van der Waals surface area contributed by atoms with Gasteiger partial charge in [-0.3, -0.25) is 14.4 Å². The number of hydrogen-bond acceptors (Lipinski definition) is 6. The van der Waals surface area contributed by atoms with Crippen LogP contribution in [-0.4, -0.2) is 44.5 Å². The predicted molar refractivity (Wildman–Crippen MR) is 98.2 cm³/mol. The first kappa shape index (κ1) is 20.0. The molecule has 0 fully saturated rings. The van der Waals surface area contributed by atoms with Crippen molar-refractivity contribution in [3.63, 3.8) is 0 Å². The number of Topliss-reactive ketones (excluding diaryl/α,β-unsaturated/α-hetero) is 1. The van der Waals surface area contributed by atoms with Crippen molar-refractivity contribution < 1.29 is 28.6 Å². The van der Waals surface area contributed by atoms with Gasteiger partial charge in [0.2, 0.25) is 5.78 Å². The molecule has 142 valence electrons. The molecule has 0 aliphatic rings. The van der Waals surface area contributed by atoms with Gasteiger partial charge in [-0.25, -0.2) is 0 Å². The summed E-state index contributed by atoms with van der Waals surface area (Å²) in [6, 6.07) is 13.1. The van der Waals surface area contributed by atoms with E-state index in [1.54, 1.807) is 48.5 Å². The lowest BCUT2D eigenvalue weighted by atomic mass is 10.1. The topological polar surface area (TPSA) is 90.9 Å². The number of methoxy groups -OCH3 is 2. The molecule has 0 aromatic heterocycles. The Hall–Kier alpha value is -3.35. The molecular formula is C20H21NO6. The normalized spacial score (nSPS) is 11.2. The lowest BCUT2D eigenvalue weighted by Gasteiger charge is -2.13. The van der Waals surface area contributed by atoms with Crippen LogP contribution in [0.4, 0.5) is 0 Å². The van der Waals surface area contributed by atoms with Gasteiger partial charge in [0.15, 0.2) is 6.10 Å². The molecule has 7 heteroatoms. The Morgan fingerprint density at radius 1 is 0.963 bits per heavy atom. The number of esters is 1. The minimum absolute atomic E-state index is 0.301. The number of amides is 1. The summed E-state index contributed by atoms with van der Waals surface area (Å²) in [5, 5.41) is 2.45. The molecule has 0 heterocycles. The van der Waals surface area contributed by atoms with Crippen LogP contribution in [-0.2, 0) is 9.53 Å². The van der Waals surface area contributed by atoms with E-state index >= 15 is 0 Å². The summed E-state index contributed by atoms with van der Waals surface area (Å²) in [4.78, 5) is 36.4. The van der Waals surface area contributed by atoms with Crippen LogP contribution in [0, 0.1) is 0 Å². The van der Waals surface area contributed by atoms with Gasteiger partial charge in [0.25, 0.3) is 5.91 Å². The zero-order valence-corrected chi connectivity index (χ0v) is 15.4. The summed E-state index contributed by atoms with van der Waals surface area (Å²) in [6.07, 6.45) is -0.978. The van der Waals surface area contributed by atoms with Crippen molar-refractivity contribution >= 4 is 17.7 Å². The maximum absolute atomic E-state index is 12.3. The molecular weight excluding hydrogens is 350 g/mol. The highest BCUT2D eigenvalue weighted by Crippen LogP contribution is 2.17. The van der Waals surface area contributed by atoms with Crippen LogP contribution in [0.5, 0.6) is 11.5 Å². The van der Waals surface area contributed by atoms with Crippen molar-refractivity contribution in [1.82, 2.24) is 5.32 Å². The molecule has 27 heavy (non-hydrogen) atoms. The van der Waals surface area contributed by atoms with E-state index in [2.05, 4.69) is 5.32 Å². The van der Waals surface area contributed by atoms with E-state index in [0.717, 1.165) is 0 Å². The third-order valence-corrected chi connectivity index (χ3v) is 3.80. The summed E-state index contributed by atoms with van der Waals surface area (Å²) >= 11 is 0. The average Bonchev–Trinajstić information content (AvgIpc) is 2.71. The number of hydrogen-bond donors (Lipinski definition) is 1. The highest BCUT2D eigenvalue weighted by atomic mass is 16.5. The van der Waals surface area contributed by atoms with Crippen molar-refractivity contribution in [2.45, 2.75) is 13.0 Å². The third kappa shape index (κ3) is 5.31. The van der Waals surface area contributed by atoms with Gasteiger partial charge in [-0.05, 0) is 43.3 Å². The number of nitrogens with one attached hydrogen (secondary N) is 1. The van der Waals surface area contributed by atoms with Crippen molar-refractivity contribution in [3.05, 3.63) is 59.7 Å². The van der Waals surface area contributed by atoms with E-state index in [1.807, 2.05) is 0 Å². The second-order valence-electron chi connectivity index (χ2n) is 5.61. The van der Waals surface area contributed by atoms with Crippen molar-refractivity contribution in [2.75, 3.05) is 20.8 Å². The fraction of sp³-hybridized carbons (Fsp3) is 0.250. The number of benzene rings is 2. The molecule has 0 radical (unpaired) electrons. The van der Waals surface area contributed by atoms with E-state index < -0.39 is 18.0 Å². The summed E-state index contributed by atoms with van der Waals surface area (Å²) in [5.41, 5.74) is 0.698. The van der Waals surface area contributed by atoms with Gasteiger partial charge < -0.3 is 19.5 Å². The van der Waals surface area contributed by atoms with Crippen LogP contribution in [0.2, 0.25) is 0 Å². The van der Waals surface area contributed by atoms with E-state index in [0.29, 0.717) is 22.6 Å². The summed E-state index contributed by atoms with van der Waals surface area (Å²) in [7, 11) is 2.98. The number of ether oxygens (including phenoxy) is 3. The summed E-state index contributed by atoms with van der Waals surface area (Å²) < 4.78 is 15.2. The molecule has 2 aromatic carbocycles. The van der Waals surface area contributed by atoms with Crippen LogP contribution < -0.4 is 14.8 Å². The Morgan fingerprint density at radius 3 is 2.26 bits per heavy atom. The maximum atomic E-state index is 12.3. The average molecular weight is 371 g/mol. The lowest BCUT2D eigenvalue weighted by Crippen LogP contribution is -2.34. The molecule has 1 N–H and O–H groups in total. The fourth-order valence-corrected chi connectivity index (χ4v) is 2.36. The van der Waals surface area contributed by atoms with E-state index in [9.17, 15) is 14.4 Å². The van der Waals surface area contributed by atoms with Gasteiger partial charge in [0.1, 0.15) is 18.0 Å². The lowest BCUT2D eigenvalue weighted by molar-refractivity contribution is -0.145. The Balaban J connectivity index is 1.88. The van der Waals surface area contributed by atoms with Crippen LogP contribution in [0.25, 0.3) is 0 Å². The van der Waals surface area contributed by atoms with Crippen LogP contribution in [0.3, 0.4) is 0 Å². The Bertz CT molecular complexity index is 815. The molecule has 0 unspecified atom stereocenters. The van der Waals surface area contributed by atoms with Crippen molar-refractivity contribution in [3.8, 4) is 11.5 Å². The Kier molecular flexibility index (Phi) is 6.93. The molecule has 1 atom stereocenters. The molecule has 0 bridgehead atoms. The van der Waals surface area contributed by atoms with Gasteiger partial charge in [-0.15, -0.1) is 0 Å². The quantitative estimate of drug-likeness (QED) is 0.565. The molecule has 0 saturated heterocycles. The number of carbonyl (C=O) groups is 3. The van der Waals surface area contributed by atoms with Crippen molar-refractivity contribution in [1.29, 1.82) is 0 Å². The highest BCUT2D eigenvalue weighted by molar-refractivity contribution is 6.01. The fourth-order valence-electron chi connectivity index (χ4n) is 2.36. The first-order chi connectivity index (χ1) is 13.0. The molecule has 1 amide bonds. The Labute approximate surface area is 157 Å². The van der Waals surface area contributed by atoms with Gasteiger partial charge in [0.05, 0.1) is 19.8 Å². The Morgan fingerprint density at radius 2 is 1.63 bits per heavy atom. The van der Waals surface area contributed by atoms with Gasteiger partial charge in [-0.1, -0.05) is 12.1 Å². The van der Waals surface area contributed by atoms with E-state index in [-0.39, 0.29) is 12.3 Å². The molecule has 0 aliphatic carbocycles. The molecule has 2 rings (SSSR count).